The van der Waals surface area contributed by atoms with E-state index >= 15 is 0 Å². The molecule has 1 unspecified atom stereocenters. The van der Waals surface area contributed by atoms with E-state index in [1.165, 1.54) is 11.1 Å². The molecule has 0 aromatic heterocycles. The van der Waals surface area contributed by atoms with Gasteiger partial charge in [-0.2, -0.15) is 0 Å². The van der Waals surface area contributed by atoms with Crippen LogP contribution in [0.5, 0.6) is 0 Å². The van der Waals surface area contributed by atoms with Crippen LogP contribution in [0.4, 0.5) is 0 Å². The number of nitrogens with one attached hydrogen (secondary N) is 2. The van der Waals surface area contributed by atoms with Gasteiger partial charge < -0.3 is 10.1 Å². The first-order chi connectivity index (χ1) is 9.52. The van der Waals surface area contributed by atoms with E-state index in [0.717, 1.165) is 11.1 Å². The number of hydrogen-bond acceptors (Lipinski definition) is 3. The van der Waals surface area contributed by atoms with Crippen LogP contribution in [-0.4, -0.2) is 32.1 Å². The number of benzene rings is 1. The number of guanidine groups is 1. The molecule has 5 nitrogen and oxygen atoms in total. The minimum atomic E-state index is -0.365. The van der Waals surface area contributed by atoms with Crippen molar-refractivity contribution in [1.82, 2.24) is 10.6 Å². The third kappa shape index (κ3) is 2.99. The van der Waals surface area contributed by atoms with Gasteiger partial charge in [-0.3, -0.25) is 15.1 Å². The van der Waals surface area contributed by atoms with Crippen LogP contribution in [0.1, 0.15) is 28.3 Å². The molecular formula is C15H21N3O2. The van der Waals surface area contributed by atoms with Crippen LogP contribution in [0.25, 0.3) is 0 Å². The number of aliphatic imine (C=N–C) groups is 1. The Hall–Kier alpha value is -1.88. The molecule has 1 aromatic carbocycles. The van der Waals surface area contributed by atoms with Crippen molar-refractivity contribution in [1.29, 1.82) is 0 Å². The smallest absolute Gasteiger partial charge is 0.253 e. The van der Waals surface area contributed by atoms with E-state index in [9.17, 15) is 4.79 Å². The molecule has 0 bridgehead atoms. The molecule has 1 aliphatic rings. The molecular weight excluding hydrogens is 254 g/mol. The summed E-state index contributed by atoms with van der Waals surface area (Å²) in [6, 6.07) is 3.82. The Morgan fingerprint density at radius 3 is 2.60 bits per heavy atom. The lowest BCUT2D eigenvalue weighted by Gasteiger charge is -2.14. The molecule has 1 aromatic rings. The summed E-state index contributed by atoms with van der Waals surface area (Å²) < 4.78 is 4.94. The van der Waals surface area contributed by atoms with Crippen molar-refractivity contribution in [3.8, 4) is 0 Å². The maximum absolute atomic E-state index is 12.1. The number of hydrogen-bond donors (Lipinski definition) is 2. The molecule has 0 spiro atoms. The summed E-state index contributed by atoms with van der Waals surface area (Å²) in [6.45, 7) is 7.22. The zero-order valence-corrected chi connectivity index (χ0v) is 12.4. The average molecular weight is 275 g/mol. The van der Waals surface area contributed by atoms with E-state index in [4.69, 9.17) is 4.74 Å². The Labute approximate surface area is 119 Å². The third-order valence-corrected chi connectivity index (χ3v) is 3.54. The lowest BCUT2D eigenvalue weighted by atomic mass is 9.96. The van der Waals surface area contributed by atoms with E-state index in [0.29, 0.717) is 19.1 Å². The summed E-state index contributed by atoms with van der Waals surface area (Å²) in [5.41, 5.74) is 4.53. The highest BCUT2D eigenvalue weighted by Crippen LogP contribution is 2.23. The number of ether oxygens (including phenoxy) is 1. The maximum atomic E-state index is 12.1. The first-order valence-corrected chi connectivity index (χ1v) is 6.71. The van der Waals surface area contributed by atoms with Crippen LogP contribution in [0.15, 0.2) is 17.1 Å². The van der Waals surface area contributed by atoms with Gasteiger partial charge in [-0.25, -0.2) is 0 Å². The minimum absolute atomic E-state index is 0.0625. The van der Waals surface area contributed by atoms with Crippen LogP contribution >= 0.6 is 0 Å². The van der Waals surface area contributed by atoms with Crippen LogP contribution in [0.2, 0.25) is 0 Å². The number of carbonyl (C=O) groups is 1. The topological polar surface area (TPSA) is 62.7 Å². The van der Waals surface area contributed by atoms with Gasteiger partial charge in [-0.15, -0.1) is 0 Å². The third-order valence-electron chi connectivity index (χ3n) is 3.54. The molecule has 1 fully saturated rings. The fourth-order valence-electron chi connectivity index (χ4n) is 2.27. The molecule has 2 N–H and O–H groups in total. The first-order valence-electron chi connectivity index (χ1n) is 6.71. The second-order valence-electron chi connectivity index (χ2n) is 5.08. The predicted octanol–water partition coefficient (Wildman–Crippen LogP) is 1.37. The van der Waals surface area contributed by atoms with Gasteiger partial charge in [0.05, 0.1) is 13.2 Å². The van der Waals surface area contributed by atoms with Crippen LogP contribution < -0.4 is 10.6 Å². The van der Waals surface area contributed by atoms with Gasteiger partial charge in [0.25, 0.3) is 5.91 Å². The summed E-state index contributed by atoms with van der Waals surface area (Å²) in [5.74, 6) is 0.460. The van der Waals surface area contributed by atoms with E-state index in [2.05, 4.69) is 41.6 Å². The zero-order valence-electron chi connectivity index (χ0n) is 12.4. The Kier molecular flexibility index (Phi) is 4.39. The number of aryl methyl sites for hydroxylation is 3. The lowest BCUT2D eigenvalue weighted by Crippen LogP contribution is -2.26. The Morgan fingerprint density at radius 1 is 1.20 bits per heavy atom. The second kappa shape index (κ2) is 6.05. The van der Waals surface area contributed by atoms with Crippen molar-refractivity contribution in [2.24, 2.45) is 4.99 Å². The highest BCUT2D eigenvalue weighted by atomic mass is 16.5. The van der Waals surface area contributed by atoms with E-state index in [1.807, 2.05) is 6.92 Å². The summed E-state index contributed by atoms with van der Waals surface area (Å²) in [6.07, 6.45) is 0. The normalized spacial score (nSPS) is 20.1. The highest BCUT2D eigenvalue weighted by molar-refractivity contribution is 6.06. The first kappa shape index (κ1) is 14.5. The number of methoxy groups -OCH3 is 1. The molecule has 2 rings (SSSR count). The van der Waals surface area contributed by atoms with Crippen molar-refractivity contribution in [3.05, 3.63) is 34.4 Å². The van der Waals surface area contributed by atoms with Crippen molar-refractivity contribution in [2.75, 3.05) is 20.3 Å². The molecule has 1 aliphatic heterocycles. The number of rotatable bonds is 4. The van der Waals surface area contributed by atoms with Crippen LogP contribution in [0, 0.1) is 20.8 Å². The van der Waals surface area contributed by atoms with Crippen LogP contribution in [-0.2, 0) is 9.53 Å². The van der Waals surface area contributed by atoms with Gasteiger partial charge >= 0.3 is 0 Å². The highest BCUT2D eigenvalue weighted by Gasteiger charge is 2.30. The standard InChI is InChI=1S/C15H21N3O2/c1-9-7-11(3)12(8-10(9)2)13-14(19)18-15(17-13)16-5-6-20-4/h7-8,13H,5-6H2,1-4H3,(H2,16,17,18,19). The number of amides is 1. The lowest BCUT2D eigenvalue weighted by molar-refractivity contribution is -0.120. The summed E-state index contributed by atoms with van der Waals surface area (Å²) in [5, 5.41) is 5.90. The van der Waals surface area contributed by atoms with E-state index in [1.54, 1.807) is 7.11 Å². The van der Waals surface area contributed by atoms with Crippen LogP contribution in [0.3, 0.4) is 0 Å². The van der Waals surface area contributed by atoms with E-state index < -0.39 is 0 Å². The molecule has 1 amide bonds. The molecule has 1 atom stereocenters. The van der Waals surface area contributed by atoms with Crippen molar-refractivity contribution in [2.45, 2.75) is 26.8 Å². The predicted molar refractivity (Wildman–Crippen MR) is 78.9 cm³/mol. The Balaban J connectivity index is 2.20. The summed E-state index contributed by atoms with van der Waals surface area (Å²) in [7, 11) is 1.63. The molecule has 0 aliphatic carbocycles. The van der Waals surface area contributed by atoms with Crippen molar-refractivity contribution < 1.29 is 9.53 Å². The van der Waals surface area contributed by atoms with Crippen molar-refractivity contribution in [3.63, 3.8) is 0 Å². The van der Waals surface area contributed by atoms with Gasteiger partial charge in [0.1, 0.15) is 6.04 Å². The average Bonchev–Trinajstić information content (AvgIpc) is 2.75. The molecule has 1 saturated heterocycles. The minimum Gasteiger partial charge on any atom is -0.383 e. The van der Waals surface area contributed by atoms with Gasteiger partial charge in [-0.05, 0) is 43.0 Å². The maximum Gasteiger partial charge on any atom is 0.253 e. The largest absolute Gasteiger partial charge is 0.383 e. The van der Waals surface area contributed by atoms with E-state index in [-0.39, 0.29) is 11.9 Å². The SMILES string of the molecule is COCCN=C1NC(=O)C(c2cc(C)c(C)cc2C)N1. The zero-order chi connectivity index (χ0) is 14.7. The molecule has 0 radical (unpaired) electrons. The Bertz CT molecular complexity index is 552. The summed E-state index contributed by atoms with van der Waals surface area (Å²) in [4.78, 5) is 16.3. The quantitative estimate of drug-likeness (QED) is 0.816. The second-order valence-corrected chi connectivity index (χ2v) is 5.08. The molecule has 0 saturated carbocycles. The fourth-order valence-corrected chi connectivity index (χ4v) is 2.27. The van der Waals surface area contributed by atoms with Crippen molar-refractivity contribution >= 4 is 11.9 Å². The Morgan fingerprint density at radius 2 is 1.90 bits per heavy atom. The van der Waals surface area contributed by atoms with Gasteiger partial charge in [-0.1, -0.05) is 12.1 Å². The van der Waals surface area contributed by atoms with Gasteiger partial charge in [0.2, 0.25) is 0 Å². The van der Waals surface area contributed by atoms with Gasteiger partial charge in [0, 0.05) is 7.11 Å². The number of carbonyl (C=O) groups excluding carboxylic acids is 1. The molecule has 1 heterocycles. The molecule has 20 heavy (non-hydrogen) atoms. The fraction of sp³-hybridized carbons (Fsp3) is 0.467. The monoisotopic (exact) mass is 275 g/mol. The summed E-state index contributed by atoms with van der Waals surface area (Å²) >= 11 is 0. The number of nitrogens with zero attached hydrogens (tertiary/aromatic N) is 1. The molecule has 108 valence electrons. The molecule has 5 heteroatoms. The van der Waals surface area contributed by atoms with Gasteiger partial charge in [0.15, 0.2) is 5.96 Å².